The smallest absolute Gasteiger partial charge is 0.118 e. The topological polar surface area (TPSA) is 31.6 Å². The van der Waals surface area contributed by atoms with Crippen molar-refractivity contribution in [2.45, 2.75) is 53.2 Å². The standard InChI is InChI=1S/C17H31N3O/c1-5-6-18-12-17-11-16(15(4)21-17)13-19-7-9-20(10-8-19)14(2)3/h11,14,18H,5-10,12-13H2,1-4H3. The zero-order valence-corrected chi connectivity index (χ0v) is 14.1. The Bertz CT molecular complexity index is 420. The Morgan fingerprint density at radius 3 is 2.57 bits per heavy atom. The van der Waals surface area contributed by atoms with E-state index in [0.717, 1.165) is 50.7 Å². The summed E-state index contributed by atoms with van der Waals surface area (Å²) in [5.74, 6) is 2.14. The molecule has 0 spiro atoms. The summed E-state index contributed by atoms with van der Waals surface area (Å²) in [4.78, 5) is 5.10. The number of aryl methyl sites for hydroxylation is 1. The number of hydrogen-bond donors (Lipinski definition) is 1. The Hall–Kier alpha value is -0.840. The fourth-order valence-electron chi connectivity index (χ4n) is 2.90. The molecule has 4 nitrogen and oxygen atoms in total. The molecule has 1 fully saturated rings. The largest absolute Gasteiger partial charge is 0.465 e. The molecule has 120 valence electrons. The molecular weight excluding hydrogens is 262 g/mol. The average Bonchev–Trinajstić information content (AvgIpc) is 2.80. The van der Waals surface area contributed by atoms with E-state index in [1.807, 2.05) is 0 Å². The van der Waals surface area contributed by atoms with Gasteiger partial charge in [0.2, 0.25) is 0 Å². The third-order valence-corrected chi connectivity index (χ3v) is 4.33. The molecule has 1 saturated heterocycles. The van der Waals surface area contributed by atoms with Crippen LogP contribution in [0, 0.1) is 6.92 Å². The third-order valence-electron chi connectivity index (χ3n) is 4.33. The van der Waals surface area contributed by atoms with Gasteiger partial charge in [-0.1, -0.05) is 6.92 Å². The molecule has 0 bridgehead atoms. The van der Waals surface area contributed by atoms with Gasteiger partial charge in [0.05, 0.1) is 6.54 Å². The molecule has 4 heteroatoms. The van der Waals surface area contributed by atoms with Crippen LogP contribution in [0.1, 0.15) is 44.3 Å². The molecule has 0 aromatic carbocycles. The Morgan fingerprint density at radius 1 is 1.24 bits per heavy atom. The lowest BCUT2D eigenvalue weighted by molar-refractivity contribution is 0.104. The highest BCUT2D eigenvalue weighted by molar-refractivity contribution is 5.20. The summed E-state index contributed by atoms with van der Waals surface area (Å²) in [6.07, 6.45) is 1.16. The van der Waals surface area contributed by atoms with E-state index in [4.69, 9.17) is 4.42 Å². The normalized spacial score (nSPS) is 17.8. The van der Waals surface area contributed by atoms with Crippen molar-refractivity contribution < 1.29 is 4.42 Å². The molecule has 0 aliphatic carbocycles. The molecule has 0 saturated carbocycles. The first kappa shape index (κ1) is 16.5. The van der Waals surface area contributed by atoms with Crippen molar-refractivity contribution in [2.75, 3.05) is 32.7 Å². The second-order valence-corrected chi connectivity index (χ2v) is 6.38. The zero-order chi connectivity index (χ0) is 15.2. The predicted molar refractivity (Wildman–Crippen MR) is 87.4 cm³/mol. The monoisotopic (exact) mass is 293 g/mol. The highest BCUT2D eigenvalue weighted by Crippen LogP contribution is 2.18. The van der Waals surface area contributed by atoms with E-state index in [2.05, 4.69) is 48.9 Å². The van der Waals surface area contributed by atoms with Gasteiger partial charge in [0.15, 0.2) is 0 Å². The van der Waals surface area contributed by atoms with E-state index >= 15 is 0 Å². The lowest BCUT2D eigenvalue weighted by atomic mass is 10.2. The van der Waals surface area contributed by atoms with Gasteiger partial charge < -0.3 is 9.73 Å². The molecule has 0 unspecified atom stereocenters. The van der Waals surface area contributed by atoms with Crippen molar-refractivity contribution in [3.63, 3.8) is 0 Å². The van der Waals surface area contributed by atoms with Gasteiger partial charge in [0, 0.05) is 44.3 Å². The van der Waals surface area contributed by atoms with E-state index < -0.39 is 0 Å². The van der Waals surface area contributed by atoms with Crippen molar-refractivity contribution in [3.05, 3.63) is 23.2 Å². The molecule has 2 rings (SSSR count). The number of piperazine rings is 1. The fraction of sp³-hybridized carbons (Fsp3) is 0.765. The van der Waals surface area contributed by atoms with Crippen LogP contribution >= 0.6 is 0 Å². The highest BCUT2D eigenvalue weighted by atomic mass is 16.3. The number of hydrogen-bond acceptors (Lipinski definition) is 4. The predicted octanol–water partition coefficient (Wildman–Crippen LogP) is 2.61. The van der Waals surface area contributed by atoms with Gasteiger partial charge in [0.1, 0.15) is 11.5 Å². The molecule has 1 aromatic heterocycles. The van der Waals surface area contributed by atoms with E-state index in [0.29, 0.717) is 6.04 Å². The quantitative estimate of drug-likeness (QED) is 0.783. The maximum atomic E-state index is 5.86. The van der Waals surface area contributed by atoms with Crippen molar-refractivity contribution in [2.24, 2.45) is 0 Å². The first-order valence-corrected chi connectivity index (χ1v) is 8.35. The van der Waals surface area contributed by atoms with Gasteiger partial charge in [0.25, 0.3) is 0 Å². The van der Waals surface area contributed by atoms with Gasteiger partial charge >= 0.3 is 0 Å². The van der Waals surface area contributed by atoms with Crippen LogP contribution in [-0.4, -0.2) is 48.6 Å². The maximum absolute atomic E-state index is 5.86. The first-order valence-electron chi connectivity index (χ1n) is 8.35. The molecule has 1 aliphatic rings. The zero-order valence-electron chi connectivity index (χ0n) is 14.1. The number of rotatable bonds is 7. The lowest BCUT2D eigenvalue weighted by Gasteiger charge is -2.36. The van der Waals surface area contributed by atoms with Gasteiger partial charge in [-0.05, 0) is 39.8 Å². The molecule has 2 heterocycles. The molecule has 0 atom stereocenters. The molecular formula is C17H31N3O. The summed E-state index contributed by atoms with van der Waals surface area (Å²) in [5.41, 5.74) is 1.35. The van der Waals surface area contributed by atoms with Gasteiger partial charge in [-0.3, -0.25) is 9.80 Å². The van der Waals surface area contributed by atoms with Crippen LogP contribution in [0.4, 0.5) is 0 Å². The van der Waals surface area contributed by atoms with Crippen LogP contribution in [0.2, 0.25) is 0 Å². The minimum atomic E-state index is 0.666. The molecule has 1 aliphatic heterocycles. The molecule has 1 N–H and O–H groups in total. The van der Waals surface area contributed by atoms with Crippen LogP contribution < -0.4 is 5.32 Å². The fourth-order valence-corrected chi connectivity index (χ4v) is 2.90. The van der Waals surface area contributed by atoms with Gasteiger partial charge in [-0.15, -0.1) is 0 Å². The summed E-state index contributed by atoms with van der Waals surface area (Å²) in [7, 11) is 0. The maximum Gasteiger partial charge on any atom is 0.118 e. The lowest BCUT2D eigenvalue weighted by Crippen LogP contribution is -2.48. The van der Waals surface area contributed by atoms with Crippen LogP contribution in [-0.2, 0) is 13.1 Å². The van der Waals surface area contributed by atoms with Crippen molar-refractivity contribution >= 4 is 0 Å². The van der Waals surface area contributed by atoms with Crippen LogP contribution in [0.25, 0.3) is 0 Å². The molecule has 21 heavy (non-hydrogen) atoms. The summed E-state index contributed by atoms with van der Waals surface area (Å²) in [6, 6.07) is 2.89. The summed E-state index contributed by atoms with van der Waals surface area (Å²) in [5, 5.41) is 3.40. The Morgan fingerprint density at radius 2 is 1.95 bits per heavy atom. The molecule has 0 radical (unpaired) electrons. The van der Waals surface area contributed by atoms with Crippen molar-refractivity contribution in [1.29, 1.82) is 0 Å². The minimum Gasteiger partial charge on any atom is -0.465 e. The summed E-state index contributed by atoms with van der Waals surface area (Å²) >= 11 is 0. The third kappa shape index (κ3) is 4.83. The summed E-state index contributed by atoms with van der Waals surface area (Å²) < 4.78 is 5.86. The number of nitrogens with zero attached hydrogens (tertiary/aromatic N) is 2. The Labute approximate surface area is 129 Å². The van der Waals surface area contributed by atoms with Crippen LogP contribution in [0.15, 0.2) is 10.5 Å². The highest BCUT2D eigenvalue weighted by Gasteiger charge is 2.20. The number of furan rings is 1. The minimum absolute atomic E-state index is 0.666. The van der Waals surface area contributed by atoms with E-state index in [1.54, 1.807) is 0 Å². The molecule has 0 amide bonds. The van der Waals surface area contributed by atoms with Gasteiger partial charge in [-0.25, -0.2) is 0 Å². The van der Waals surface area contributed by atoms with E-state index in [-0.39, 0.29) is 0 Å². The van der Waals surface area contributed by atoms with Crippen LogP contribution in [0.5, 0.6) is 0 Å². The van der Waals surface area contributed by atoms with Crippen molar-refractivity contribution in [1.82, 2.24) is 15.1 Å². The Balaban J connectivity index is 1.83. The Kier molecular flexibility index (Phi) is 6.27. The molecule has 1 aromatic rings. The van der Waals surface area contributed by atoms with Gasteiger partial charge in [-0.2, -0.15) is 0 Å². The second-order valence-electron chi connectivity index (χ2n) is 6.38. The average molecular weight is 293 g/mol. The van der Waals surface area contributed by atoms with Crippen LogP contribution in [0.3, 0.4) is 0 Å². The van der Waals surface area contributed by atoms with E-state index in [9.17, 15) is 0 Å². The second kappa shape index (κ2) is 7.97. The van der Waals surface area contributed by atoms with Crippen molar-refractivity contribution in [3.8, 4) is 0 Å². The first-order chi connectivity index (χ1) is 10.1. The summed E-state index contributed by atoms with van der Waals surface area (Å²) in [6.45, 7) is 16.4. The number of nitrogens with one attached hydrogen (secondary N) is 1. The van der Waals surface area contributed by atoms with E-state index in [1.165, 1.54) is 18.7 Å². The SMILES string of the molecule is CCCNCc1cc(CN2CCN(C(C)C)CC2)c(C)o1.